The van der Waals surface area contributed by atoms with Crippen LogP contribution in [-0.2, 0) is 11.0 Å². The van der Waals surface area contributed by atoms with Crippen LogP contribution in [0.4, 0.5) is 23.2 Å². The number of halogens is 5. The zero-order chi connectivity index (χ0) is 17.0. The van der Waals surface area contributed by atoms with E-state index in [9.17, 15) is 22.4 Å². The number of rotatable bonds is 4. The average molecular weight is 364 g/mol. The molecular formula is C15H10ClF4NOS. The fraction of sp³-hybridized carbons (Fsp3) is 0.133. The molecule has 1 N–H and O–H groups in total. The summed E-state index contributed by atoms with van der Waals surface area (Å²) in [6.07, 6.45) is -4.65. The van der Waals surface area contributed by atoms with E-state index in [0.29, 0.717) is 0 Å². The summed E-state index contributed by atoms with van der Waals surface area (Å²) in [4.78, 5) is 12.1. The van der Waals surface area contributed by atoms with Crippen LogP contribution in [0.25, 0.3) is 0 Å². The van der Waals surface area contributed by atoms with Crippen LogP contribution in [0, 0.1) is 5.82 Å². The minimum atomic E-state index is -4.65. The van der Waals surface area contributed by atoms with Crippen molar-refractivity contribution in [2.24, 2.45) is 0 Å². The SMILES string of the molecule is O=C(CSc1ccccc1F)Nc1ccc(Cl)cc1C(F)(F)F. The quantitative estimate of drug-likeness (QED) is 0.595. The van der Waals surface area contributed by atoms with Crippen molar-refractivity contribution in [2.45, 2.75) is 11.1 Å². The van der Waals surface area contributed by atoms with Crippen molar-refractivity contribution in [1.82, 2.24) is 0 Å². The monoisotopic (exact) mass is 363 g/mol. The number of carbonyl (C=O) groups excluding carboxylic acids is 1. The smallest absolute Gasteiger partial charge is 0.325 e. The summed E-state index contributed by atoms with van der Waals surface area (Å²) in [5, 5.41) is 2.09. The first kappa shape index (κ1) is 17.6. The lowest BCUT2D eigenvalue weighted by atomic mass is 10.1. The molecule has 23 heavy (non-hydrogen) atoms. The van der Waals surface area contributed by atoms with Gasteiger partial charge in [-0.15, -0.1) is 11.8 Å². The summed E-state index contributed by atoms with van der Waals surface area (Å²) >= 11 is 6.46. The largest absolute Gasteiger partial charge is 0.418 e. The Morgan fingerprint density at radius 2 is 1.87 bits per heavy atom. The van der Waals surface area contributed by atoms with Gasteiger partial charge in [-0.3, -0.25) is 4.79 Å². The van der Waals surface area contributed by atoms with Gasteiger partial charge >= 0.3 is 6.18 Å². The van der Waals surface area contributed by atoms with E-state index in [-0.39, 0.29) is 21.4 Å². The summed E-state index contributed by atoms with van der Waals surface area (Å²) in [5.74, 6) is -1.39. The second-order valence-electron chi connectivity index (χ2n) is 4.45. The summed E-state index contributed by atoms with van der Waals surface area (Å²) in [5.41, 5.74) is -1.42. The van der Waals surface area contributed by atoms with Gasteiger partial charge in [-0.1, -0.05) is 23.7 Å². The molecule has 0 heterocycles. The van der Waals surface area contributed by atoms with Gasteiger partial charge in [0.15, 0.2) is 0 Å². The Hall–Kier alpha value is -1.73. The number of benzene rings is 2. The summed E-state index contributed by atoms with van der Waals surface area (Å²) < 4.78 is 52.2. The molecule has 2 aromatic carbocycles. The highest BCUT2D eigenvalue weighted by Gasteiger charge is 2.34. The Morgan fingerprint density at radius 3 is 2.52 bits per heavy atom. The number of alkyl halides is 3. The normalized spacial score (nSPS) is 11.3. The maximum atomic E-state index is 13.4. The van der Waals surface area contributed by atoms with Crippen LogP contribution in [-0.4, -0.2) is 11.7 Å². The molecule has 0 spiro atoms. The van der Waals surface area contributed by atoms with Crippen molar-refractivity contribution in [2.75, 3.05) is 11.1 Å². The van der Waals surface area contributed by atoms with Gasteiger partial charge < -0.3 is 5.32 Å². The molecule has 0 atom stereocenters. The molecule has 2 rings (SSSR count). The highest BCUT2D eigenvalue weighted by Crippen LogP contribution is 2.36. The van der Waals surface area contributed by atoms with Crippen LogP contribution < -0.4 is 5.32 Å². The molecule has 0 radical (unpaired) electrons. The van der Waals surface area contributed by atoms with E-state index >= 15 is 0 Å². The predicted molar refractivity (Wildman–Crippen MR) is 82.2 cm³/mol. The molecule has 0 saturated heterocycles. The average Bonchev–Trinajstić information content (AvgIpc) is 2.47. The number of thioether (sulfide) groups is 1. The van der Waals surface area contributed by atoms with E-state index < -0.39 is 23.5 Å². The van der Waals surface area contributed by atoms with Crippen molar-refractivity contribution in [3.05, 3.63) is 58.9 Å². The molecule has 122 valence electrons. The predicted octanol–water partition coefficient (Wildman–Crippen LogP) is 5.23. The first-order chi connectivity index (χ1) is 10.8. The molecule has 0 fully saturated rings. The third-order valence-electron chi connectivity index (χ3n) is 2.76. The molecule has 0 aliphatic carbocycles. The van der Waals surface area contributed by atoms with Crippen molar-refractivity contribution in [1.29, 1.82) is 0 Å². The molecule has 8 heteroatoms. The molecule has 2 aromatic rings. The summed E-state index contributed by atoms with van der Waals surface area (Å²) in [7, 11) is 0. The molecule has 0 aromatic heterocycles. The topological polar surface area (TPSA) is 29.1 Å². The maximum absolute atomic E-state index is 13.4. The second kappa shape index (κ2) is 7.23. The van der Waals surface area contributed by atoms with Crippen LogP contribution in [0.5, 0.6) is 0 Å². The van der Waals surface area contributed by atoms with Crippen molar-refractivity contribution >= 4 is 35.0 Å². The fourth-order valence-electron chi connectivity index (χ4n) is 1.75. The third kappa shape index (κ3) is 4.87. The first-order valence-electron chi connectivity index (χ1n) is 6.31. The molecule has 2 nitrogen and oxygen atoms in total. The van der Waals surface area contributed by atoms with Gasteiger partial charge in [0.2, 0.25) is 5.91 Å². The van der Waals surface area contributed by atoms with Crippen LogP contribution in [0.1, 0.15) is 5.56 Å². The third-order valence-corrected chi connectivity index (χ3v) is 4.04. The molecule has 0 bridgehead atoms. The van der Waals surface area contributed by atoms with Gasteiger partial charge in [0.05, 0.1) is 17.0 Å². The lowest BCUT2D eigenvalue weighted by molar-refractivity contribution is -0.137. The molecular weight excluding hydrogens is 354 g/mol. The van der Waals surface area contributed by atoms with Crippen molar-refractivity contribution in [3.8, 4) is 0 Å². The Bertz CT molecular complexity index is 721. The lowest BCUT2D eigenvalue weighted by Gasteiger charge is -2.14. The number of hydrogen-bond donors (Lipinski definition) is 1. The first-order valence-corrected chi connectivity index (χ1v) is 7.67. The van der Waals surface area contributed by atoms with Crippen LogP contribution in [0.3, 0.4) is 0 Å². The maximum Gasteiger partial charge on any atom is 0.418 e. The molecule has 1 amide bonds. The van der Waals surface area contributed by atoms with Crippen LogP contribution >= 0.6 is 23.4 Å². The Balaban J connectivity index is 2.08. The lowest BCUT2D eigenvalue weighted by Crippen LogP contribution is -2.18. The summed E-state index contributed by atoms with van der Waals surface area (Å²) in [6.45, 7) is 0. The zero-order valence-electron chi connectivity index (χ0n) is 11.5. The molecule has 0 aliphatic rings. The minimum absolute atomic E-state index is 0.0870. The van der Waals surface area contributed by atoms with Crippen LogP contribution in [0.2, 0.25) is 5.02 Å². The highest BCUT2D eigenvalue weighted by atomic mass is 35.5. The Morgan fingerprint density at radius 1 is 1.17 bits per heavy atom. The summed E-state index contributed by atoms with van der Waals surface area (Å²) in [6, 6.07) is 8.89. The Labute approximate surface area is 138 Å². The van der Waals surface area contributed by atoms with Crippen LogP contribution in [0.15, 0.2) is 47.4 Å². The van der Waals surface area contributed by atoms with Gasteiger partial charge in [-0.05, 0) is 30.3 Å². The number of nitrogens with one attached hydrogen (secondary N) is 1. The molecule has 0 unspecified atom stereocenters. The van der Waals surface area contributed by atoms with E-state index in [2.05, 4.69) is 5.32 Å². The number of hydrogen-bond acceptors (Lipinski definition) is 2. The van der Waals surface area contributed by atoms with Gasteiger partial charge in [0.1, 0.15) is 5.82 Å². The molecule has 0 aliphatic heterocycles. The van der Waals surface area contributed by atoms with E-state index in [4.69, 9.17) is 11.6 Å². The number of amides is 1. The standard InChI is InChI=1S/C15H10ClF4NOS/c16-9-5-6-12(10(7-9)15(18,19)20)21-14(22)8-23-13-4-2-1-3-11(13)17/h1-7H,8H2,(H,21,22). The van der Waals surface area contributed by atoms with Gasteiger partial charge in [-0.2, -0.15) is 13.2 Å². The second-order valence-corrected chi connectivity index (χ2v) is 5.91. The van der Waals surface area contributed by atoms with Gasteiger partial charge in [0.25, 0.3) is 0 Å². The van der Waals surface area contributed by atoms with Gasteiger partial charge in [0, 0.05) is 9.92 Å². The Kier molecular flexibility index (Phi) is 5.54. The number of carbonyl (C=O) groups is 1. The van der Waals surface area contributed by atoms with E-state index in [1.807, 2.05) is 0 Å². The zero-order valence-corrected chi connectivity index (χ0v) is 13.0. The van der Waals surface area contributed by atoms with E-state index in [1.165, 1.54) is 24.3 Å². The minimum Gasteiger partial charge on any atom is -0.325 e. The van der Waals surface area contributed by atoms with Crippen molar-refractivity contribution < 1.29 is 22.4 Å². The highest BCUT2D eigenvalue weighted by molar-refractivity contribution is 8.00. The van der Waals surface area contributed by atoms with E-state index in [0.717, 1.165) is 23.9 Å². The number of anilines is 1. The molecule has 0 saturated carbocycles. The fourth-order valence-corrected chi connectivity index (χ4v) is 2.66. The van der Waals surface area contributed by atoms with Crippen molar-refractivity contribution in [3.63, 3.8) is 0 Å². The van der Waals surface area contributed by atoms with E-state index in [1.54, 1.807) is 6.07 Å². The van der Waals surface area contributed by atoms with Gasteiger partial charge in [-0.25, -0.2) is 4.39 Å².